The smallest absolute Gasteiger partial charge is 0.306 e. The van der Waals surface area contributed by atoms with Crippen LogP contribution in [0.2, 0.25) is 5.02 Å². The molecular weight excluding hydrogens is 374 g/mol. The molecule has 0 fully saturated rings. The van der Waals surface area contributed by atoms with Gasteiger partial charge in [0.05, 0.1) is 6.42 Å². The monoisotopic (exact) mass is 393 g/mol. The number of ketones is 1. The molecule has 1 aromatic heterocycles. The van der Waals surface area contributed by atoms with Gasteiger partial charge in [-0.05, 0) is 44.5 Å². The van der Waals surface area contributed by atoms with Crippen molar-refractivity contribution in [1.82, 2.24) is 0 Å². The SMILES string of the molecule is Cc1cc(C(=O)CCC(=O)OCC(=O)Nc2cccc(Cl)c2C)c(C)s1. The van der Waals surface area contributed by atoms with E-state index >= 15 is 0 Å². The van der Waals surface area contributed by atoms with Crippen LogP contribution < -0.4 is 5.32 Å². The zero-order chi connectivity index (χ0) is 19.3. The number of thiophene rings is 1. The number of esters is 1. The van der Waals surface area contributed by atoms with Crippen LogP contribution in [0, 0.1) is 20.8 Å². The molecule has 2 aromatic rings. The molecule has 0 aliphatic carbocycles. The second-order valence-electron chi connectivity index (χ2n) is 5.87. The van der Waals surface area contributed by atoms with Gasteiger partial charge in [0.2, 0.25) is 0 Å². The van der Waals surface area contributed by atoms with E-state index in [0.29, 0.717) is 16.3 Å². The van der Waals surface area contributed by atoms with E-state index < -0.39 is 18.5 Å². The van der Waals surface area contributed by atoms with E-state index in [2.05, 4.69) is 5.32 Å². The summed E-state index contributed by atoms with van der Waals surface area (Å²) in [5, 5.41) is 3.18. The highest BCUT2D eigenvalue weighted by Crippen LogP contribution is 2.23. The van der Waals surface area contributed by atoms with Crippen LogP contribution in [0.3, 0.4) is 0 Å². The van der Waals surface area contributed by atoms with Crippen molar-refractivity contribution in [3.05, 3.63) is 50.2 Å². The van der Waals surface area contributed by atoms with Gasteiger partial charge in [0.1, 0.15) is 0 Å². The quantitative estimate of drug-likeness (QED) is 0.556. The minimum atomic E-state index is -0.582. The molecule has 1 heterocycles. The van der Waals surface area contributed by atoms with Crippen molar-refractivity contribution < 1.29 is 19.1 Å². The lowest BCUT2D eigenvalue weighted by molar-refractivity contribution is -0.147. The number of hydrogen-bond acceptors (Lipinski definition) is 5. The van der Waals surface area contributed by atoms with Gasteiger partial charge in [-0.25, -0.2) is 0 Å². The van der Waals surface area contributed by atoms with Gasteiger partial charge in [0.25, 0.3) is 5.91 Å². The van der Waals surface area contributed by atoms with Gasteiger partial charge in [-0.1, -0.05) is 17.7 Å². The van der Waals surface area contributed by atoms with Gasteiger partial charge < -0.3 is 10.1 Å². The summed E-state index contributed by atoms with van der Waals surface area (Å²) in [4.78, 5) is 37.8. The second-order valence-corrected chi connectivity index (χ2v) is 7.74. The number of aryl methyl sites for hydroxylation is 2. The fourth-order valence-electron chi connectivity index (χ4n) is 2.41. The molecule has 0 spiro atoms. The Kier molecular flexibility index (Phi) is 6.94. The Balaban J connectivity index is 1.78. The minimum Gasteiger partial charge on any atom is -0.456 e. The number of ether oxygens (including phenoxy) is 1. The molecule has 1 N–H and O–H groups in total. The summed E-state index contributed by atoms with van der Waals surface area (Å²) in [5.74, 6) is -1.14. The summed E-state index contributed by atoms with van der Waals surface area (Å²) >= 11 is 7.54. The third-order valence-electron chi connectivity index (χ3n) is 3.80. The first-order chi connectivity index (χ1) is 12.3. The van der Waals surface area contributed by atoms with Gasteiger partial charge in [0.15, 0.2) is 12.4 Å². The fraction of sp³-hybridized carbons (Fsp3) is 0.316. The Bertz CT molecular complexity index is 844. The van der Waals surface area contributed by atoms with Crippen molar-refractivity contribution in [2.24, 2.45) is 0 Å². The van der Waals surface area contributed by atoms with Crippen molar-refractivity contribution in [1.29, 1.82) is 0 Å². The number of carbonyl (C=O) groups is 3. The molecule has 0 radical (unpaired) electrons. The highest BCUT2D eigenvalue weighted by Gasteiger charge is 2.15. The van der Waals surface area contributed by atoms with E-state index in [1.54, 1.807) is 36.5 Å². The first-order valence-electron chi connectivity index (χ1n) is 8.08. The third-order valence-corrected chi connectivity index (χ3v) is 5.18. The fourth-order valence-corrected chi connectivity index (χ4v) is 3.52. The number of amides is 1. The first-order valence-corrected chi connectivity index (χ1v) is 9.28. The largest absolute Gasteiger partial charge is 0.456 e. The Morgan fingerprint density at radius 3 is 2.54 bits per heavy atom. The molecule has 1 aromatic carbocycles. The highest BCUT2D eigenvalue weighted by molar-refractivity contribution is 7.12. The van der Waals surface area contributed by atoms with E-state index in [1.165, 1.54) is 0 Å². The first kappa shape index (κ1) is 20.1. The molecule has 2 rings (SSSR count). The van der Waals surface area contributed by atoms with Crippen LogP contribution in [0.5, 0.6) is 0 Å². The van der Waals surface area contributed by atoms with Crippen LogP contribution in [0.1, 0.15) is 38.5 Å². The number of nitrogens with one attached hydrogen (secondary N) is 1. The van der Waals surface area contributed by atoms with Gasteiger partial charge in [-0.15, -0.1) is 11.3 Å². The molecule has 0 aliphatic rings. The van der Waals surface area contributed by atoms with E-state index in [4.69, 9.17) is 16.3 Å². The Hall–Kier alpha value is -2.18. The maximum absolute atomic E-state index is 12.1. The summed E-state index contributed by atoms with van der Waals surface area (Å²) in [6.45, 7) is 5.19. The van der Waals surface area contributed by atoms with Crippen LogP contribution in [-0.4, -0.2) is 24.3 Å². The summed E-state index contributed by atoms with van der Waals surface area (Å²) < 4.78 is 4.93. The molecule has 5 nitrogen and oxygen atoms in total. The van der Waals surface area contributed by atoms with Crippen LogP contribution in [0.25, 0.3) is 0 Å². The molecule has 0 bridgehead atoms. The number of hydrogen-bond donors (Lipinski definition) is 1. The van der Waals surface area contributed by atoms with Crippen LogP contribution in [-0.2, 0) is 14.3 Å². The van der Waals surface area contributed by atoms with Gasteiger partial charge in [0, 0.05) is 32.4 Å². The maximum Gasteiger partial charge on any atom is 0.306 e. The van der Waals surface area contributed by atoms with Crippen molar-refractivity contribution in [2.75, 3.05) is 11.9 Å². The average molecular weight is 394 g/mol. The van der Waals surface area contributed by atoms with Crippen LogP contribution in [0.15, 0.2) is 24.3 Å². The predicted molar refractivity (Wildman–Crippen MR) is 103 cm³/mol. The lowest BCUT2D eigenvalue weighted by Crippen LogP contribution is -2.21. The predicted octanol–water partition coefficient (Wildman–Crippen LogP) is 4.47. The average Bonchev–Trinajstić information content (AvgIpc) is 2.93. The summed E-state index contributed by atoms with van der Waals surface area (Å²) in [7, 11) is 0. The molecule has 1 amide bonds. The van der Waals surface area contributed by atoms with E-state index in [0.717, 1.165) is 15.3 Å². The topological polar surface area (TPSA) is 72.5 Å². The van der Waals surface area contributed by atoms with Crippen molar-refractivity contribution in [2.45, 2.75) is 33.6 Å². The van der Waals surface area contributed by atoms with E-state index in [9.17, 15) is 14.4 Å². The zero-order valence-corrected chi connectivity index (χ0v) is 16.4. The summed E-state index contributed by atoms with van der Waals surface area (Å²) in [6, 6.07) is 6.98. The second kappa shape index (κ2) is 8.96. The summed E-state index contributed by atoms with van der Waals surface area (Å²) in [5.41, 5.74) is 1.95. The van der Waals surface area contributed by atoms with Crippen LogP contribution in [0.4, 0.5) is 5.69 Å². The number of anilines is 1. The molecule has 0 atom stereocenters. The normalized spacial score (nSPS) is 10.5. The lowest BCUT2D eigenvalue weighted by atomic mass is 10.1. The number of rotatable bonds is 7. The standard InChI is InChI=1S/C19H20ClNO4S/c1-11-9-14(13(3)26-11)17(22)7-8-19(24)25-10-18(23)21-16-6-4-5-15(20)12(16)2/h4-6,9H,7-8,10H2,1-3H3,(H,21,23). The molecule has 26 heavy (non-hydrogen) atoms. The highest BCUT2D eigenvalue weighted by atomic mass is 35.5. The Morgan fingerprint density at radius 1 is 1.15 bits per heavy atom. The van der Waals surface area contributed by atoms with Gasteiger partial charge >= 0.3 is 5.97 Å². The minimum absolute atomic E-state index is 0.0589. The van der Waals surface area contributed by atoms with E-state index in [1.807, 2.05) is 19.9 Å². The molecule has 138 valence electrons. The number of benzene rings is 1. The lowest BCUT2D eigenvalue weighted by Gasteiger charge is -2.09. The third kappa shape index (κ3) is 5.41. The van der Waals surface area contributed by atoms with Crippen molar-refractivity contribution in [3.8, 4) is 0 Å². The summed E-state index contributed by atoms with van der Waals surface area (Å²) in [6.07, 6.45) is 0.00150. The molecule has 0 saturated carbocycles. The molecular formula is C19H20ClNO4S. The Labute approximate surface area is 161 Å². The van der Waals surface area contributed by atoms with Gasteiger partial charge in [-0.3, -0.25) is 14.4 Å². The van der Waals surface area contributed by atoms with Crippen LogP contribution >= 0.6 is 22.9 Å². The molecule has 7 heteroatoms. The molecule has 0 aliphatic heterocycles. The van der Waals surface area contributed by atoms with Crippen molar-refractivity contribution in [3.63, 3.8) is 0 Å². The van der Waals surface area contributed by atoms with Crippen molar-refractivity contribution >= 4 is 46.3 Å². The molecule has 0 unspecified atom stereocenters. The van der Waals surface area contributed by atoms with Gasteiger partial charge in [-0.2, -0.15) is 0 Å². The number of carbonyl (C=O) groups excluding carboxylic acids is 3. The zero-order valence-electron chi connectivity index (χ0n) is 14.8. The maximum atomic E-state index is 12.1. The van der Waals surface area contributed by atoms with E-state index in [-0.39, 0.29) is 18.6 Å². The number of halogens is 1. The number of Topliss-reactive ketones (excluding diaryl/α,β-unsaturated/α-hetero) is 1. The molecule has 0 saturated heterocycles. The Morgan fingerprint density at radius 2 is 1.88 bits per heavy atom.